The maximum Gasteiger partial charge on any atom is 0.277 e. The van der Waals surface area contributed by atoms with E-state index in [1.54, 1.807) is 25.3 Å². The number of hydrogen-bond donors (Lipinski definition) is 2. The van der Waals surface area contributed by atoms with Crippen LogP contribution in [0, 0.1) is 13.8 Å². The van der Waals surface area contributed by atoms with E-state index < -0.39 is 0 Å². The van der Waals surface area contributed by atoms with Crippen LogP contribution >= 0.6 is 11.6 Å². The van der Waals surface area contributed by atoms with Crippen molar-refractivity contribution in [2.24, 2.45) is 0 Å². The lowest BCUT2D eigenvalue weighted by Crippen LogP contribution is -2.43. The third kappa shape index (κ3) is 5.91. The van der Waals surface area contributed by atoms with Gasteiger partial charge in [0.1, 0.15) is 0 Å². The molecule has 1 amide bonds. The number of aromatic amines is 1. The van der Waals surface area contributed by atoms with Gasteiger partial charge < -0.3 is 15.1 Å². The first-order chi connectivity index (χ1) is 18.2. The highest BCUT2D eigenvalue weighted by molar-refractivity contribution is 6.31. The number of nitrogens with one attached hydrogen (secondary N) is 2. The summed E-state index contributed by atoms with van der Waals surface area (Å²) in [5.41, 5.74) is 3.85. The summed E-state index contributed by atoms with van der Waals surface area (Å²) >= 11 is 6.56. The standard InChI is InChI=1S/C29H41ClN6O2/c1-6-8-15-34(5)22-9-11-23(12-10-22)35(7-2)26-17-21(30)16-24(19(26)3)28(37)31-18-25-20(4)33-27-13-14-32-36(27)29(25)38/h13-14,16-17,22-23,32H,6-12,15,18H2,1-5H3,(H,31,37). The minimum absolute atomic E-state index is 0.0901. The molecule has 0 saturated heterocycles. The Bertz CT molecular complexity index is 1320. The highest BCUT2D eigenvalue weighted by atomic mass is 35.5. The average Bonchev–Trinajstić information content (AvgIpc) is 3.38. The quantitative estimate of drug-likeness (QED) is 0.374. The number of aromatic nitrogens is 3. The van der Waals surface area contributed by atoms with Crippen molar-refractivity contribution in [2.75, 3.05) is 25.0 Å². The van der Waals surface area contributed by atoms with Crippen LogP contribution < -0.4 is 15.8 Å². The number of anilines is 1. The summed E-state index contributed by atoms with van der Waals surface area (Å²) in [4.78, 5) is 35.6. The molecular formula is C29H41ClN6O2. The second kappa shape index (κ2) is 12.3. The van der Waals surface area contributed by atoms with Gasteiger partial charge in [0.05, 0.1) is 17.8 Å². The lowest BCUT2D eigenvalue weighted by molar-refractivity contribution is 0.0950. The van der Waals surface area contributed by atoms with Crippen LogP contribution in [0.4, 0.5) is 5.69 Å². The Morgan fingerprint density at radius 1 is 1.18 bits per heavy atom. The molecule has 2 aromatic heterocycles. The molecule has 0 radical (unpaired) electrons. The summed E-state index contributed by atoms with van der Waals surface area (Å²) in [6.07, 6.45) is 8.75. The van der Waals surface area contributed by atoms with E-state index in [2.05, 4.69) is 46.1 Å². The number of aryl methyl sites for hydroxylation is 1. The number of hydrogen-bond acceptors (Lipinski definition) is 5. The molecule has 2 heterocycles. The van der Waals surface area contributed by atoms with Gasteiger partial charge in [-0.05, 0) is 84.2 Å². The summed E-state index contributed by atoms with van der Waals surface area (Å²) in [5.74, 6) is -0.251. The molecule has 0 atom stereocenters. The molecule has 1 aromatic carbocycles. The van der Waals surface area contributed by atoms with Gasteiger partial charge in [0.25, 0.3) is 11.5 Å². The minimum Gasteiger partial charge on any atom is -0.369 e. The van der Waals surface area contributed by atoms with Crippen LogP contribution in [-0.2, 0) is 6.54 Å². The van der Waals surface area contributed by atoms with Crippen LogP contribution in [0.25, 0.3) is 5.65 Å². The van der Waals surface area contributed by atoms with Crippen LogP contribution in [0.2, 0.25) is 5.02 Å². The van der Waals surface area contributed by atoms with Gasteiger partial charge in [0.2, 0.25) is 0 Å². The summed E-state index contributed by atoms with van der Waals surface area (Å²) in [5, 5.41) is 6.34. The third-order valence-corrected chi connectivity index (χ3v) is 8.32. The SMILES string of the molecule is CCCCN(C)C1CCC(N(CC)c2cc(Cl)cc(C(=O)NCc3c(C)nc4cc[nH]n4c3=O)c2C)CC1. The highest BCUT2D eigenvalue weighted by Gasteiger charge is 2.29. The first kappa shape index (κ1) is 28.2. The Labute approximate surface area is 230 Å². The molecule has 8 nitrogen and oxygen atoms in total. The summed E-state index contributed by atoms with van der Waals surface area (Å²) in [6, 6.07) is 6.51. The molecule has 38 heavy (non-hydrogen) atoms. The molecule has 1 aliphatic rings. The number of amides is 1. The number of carbonyl (C=O) groups is 1. The van der Waals surface area contributed by atoms with Gasteiger partial charge >= 0.3 is 0 Å². The topological polar surface area (TPSA) is 85.7 Å². The van der Waals surface area contributed by atoms with E-state index >= 15 is 0 Å². The first-order valence-corrected chi connectivity index (χ1v) is 14.2. The van der Waals surface area contributed by atoms with Crippen LogP contribution in [0.5, 0.6) is 0 Å². The predicted molar refractivity (Wildman–Crippen MR) is 155 cm³/mol. The van der Waals surface area contributed by atoms with E-state index in [9.17, 15) is 9.59 Å². The molecule has 0 unspecified atom stereocenters. The zero-order valence-corrected chi connectivity index (χ0v) is 24.1. The highest BCUT2D eigenvalue weighted by Crippen LogP contribution is 2.34. The second-order valence-corrected chi connectivity index (χ2v) is 10.9. The van der Waals surface area contributed by atoms with E-state index in [0.29, 0.717) is 39.6 Å². The molecule has 0 spiro atoms. The van der Waals surface area contributed by atoms with E-state index in [-0.39, 0.29) is 18.0 Å². The van der Waals surface area contributed by atoms with Gasteiger partial charge in [-0.2, -0.15) is 0 Å². The fourth-order valence-corrected chi connectivity index (χ4v) is 6.01. The largest absolute Gasteiger partial charge is 0.369 e. The molecule has 3 aromatic rings. The molecule has 1 saturated carbocycles. The van der Waals surface area contributed by atoms with E-state index in [4.69, 9.17) is 11.6 Å². The van der Waals surface area contributed by atoms with Crippen molar-refractivity contribution < 1.29 is 4.79 Å². The van der Waals surface area contributed by atoms with E-state index in [0.717, 1.165) is 37.2 Å². The Morgan fingerprint density at radius 2 is 1.89 bits per heavy atom. The lowest BCUT2D eigenvalue weighted by Gasteiger charge is -2.41. The minimum atomic E-state index is -0.251. The van der Waals surface area contributed by atoms with Crippen molar-refractivity contribution in [3.05, 3.63) is 62.2 Å². The lowest BCUT2D eigenvalue weighted by atomic mass is 9.88. The Kier molecular flexibility index (Phi) is 9.15. The third-order valence-electron chi connectivity index (χ3n) is 8.11. The number of halogens is 1. The number of rotatable bonds is 10. The molecule has 1 aliphatic carbocycles. The zero-order chi connectivity index (χ0) is 27.4. The van der Waals surface area contributed by atoms with Crippen molar-refractivity contribution in [3.63, 3.8) is 0 Å². The van der Waals surface area contributed by atoms with Gasteiger partial charge in [0.15, 0.2) is 5.65 Å². The van der Waals surface area contributed by atoms with Gasteiger partial charge in [-0.1, -0.05) is 24.9 Å². The van der Waals surface area contributed by atoms with Crippen molar-refractivity contribution in [1.82, 2.24) is 24.8 Å². The van der Waals surface area contributed by atoms with Crippen LogP contribution in [-0.4, -0.2) is 57.6 Å². The Hall–Kier alpha value is -2.84. The molecule has 0 bridgehead atoms. The number of nitrogens with zero attached hydrogens (tertiary/aromatic N) is 4. The summed E-state index contributed by atoms with van der Waals surface area (Å²) < 4.78 is 1.38. The number of carbonyl (C=O) groups excluding carboxylic acids is 1. The molecule has 206 valence electrons. The maximum atomic E-state index is 13.3. The molecule has 1 fully saturated rings. The van der Waals surface area contributed by atoms with Gasteiger partial charge in [0, 0.05) is 47.2 Å². The maximum absolute atomic E-state index is 13.3. The van der Waals surface area contributed by atoms with Crippen molar-refractivity contribution in [2.45, 2.75) is 84.8 Å². The van der Waals surface area contributed by atoms with Gasteiger partial charge in [-0.3, -0.25) is 14.7 Å². The smallest absolute Gasteiger partial charge is 0.277 e. The fourth-order valence-electron chi connectivity index (χ4n) is 5.80. The normalized spacial score (nSPS) is 17.8. The molecular weight excluding hydrogens is 500 g/mol. The second-order valence-electron chi connectivity index (χ2n) is 10.5. The summed E-state index contributed by atoms with van der Waals surface area (Å²) in [6.45, 7) is 10.3. The van der Waals surface area contributed by atoms with Crippen LogP contribution in [0.3, 0.4) is 0 Å². The number of fused-ring (bicyclic) bond motifs is 1. The van der Waals surface area contributed by atoms with Gasteiger partial charge in [-0.15, -0.1) is 0 Å². The van der Waals surface area contributed by atoms with Crippen molar-refractivity contribution in [3.8, 4) is 0 Å². The molecule has 4 rings (SSSR count). The molecule has 2 N–H and O–H groups in total. The van der Waals surface area contributed by atoms with Crippen molar-refractivity contribution >= 4 is 28.8 Å². The van der Waals surface area contributed by atoms with Crippen LogP contribution in [0.15, 0.2) is 29.2 Å². The zero-order valence-electron chi connectivity index (χ0n) is 23.3. The average molecular weight is 541 g/mol. The Balaban J connectivity index is 1.49. The monoisotopic (exact) mass is 540 g/mol. The fraction of sp³-hybridized carbons (Fsp3) is 0.552. The van der Waals surface area contributed by atoms with Crippen LogP contribution in [0.1, 0.15) is 79.6 Å². The van der Waals surface area contributed by atoms with Gasteiger partial charge in [-0.25, -0.2) is 9.50 Å². The first-order valence-electron chi connectivity index (χ1n) is 13.9. The van der Waals surface area contributed by atoms with E-state index in [1.807, 2.05) is 13.0 Å². The summed E-state index contributed by atoms with van der Waals surface area (Å²) in [7, 11) is 2.26. The predicted octanol–water partition coefficient (Wildman–Crippen LogP) is 5.09. The number of H-pyrrole nitrogens is 1. The van der Waals surface area contributed by atoms with Crippen molar-refractivity contribution in [1.29, 1.82) is 0 Å². The molecule has 9 heteroatoms. The number of benzene rings is 1. The van der Waals surface area contributed by atoms with E-state index in [1.165, 1.54) is 30.2 Å². The molecule has 0 aliphatic heterocycles. The number of unbranched alkanes of at least 4 members (excludes halogenated alkanes) is 1. The Morgan fingerprint density at radius 3 is 2.58 bits per heavy atom.